The van der Waals surface area contributed by atoms with Gasteiger partial charge in [0, 0.05) is 0 Å². The topological polar surface area (TPSA) is 55.4 Å². The summed E-state index contributed by atoms with van der Waals surface area (Å²) in [4.78, 5) is 23.3. The van der Waals surface area contributed by atoms with Gasteiger partial charge in [-0.1, -0.05) is 19.9 Å². The van der Waals surface area contributed by atoms with Gasteiger partial charge in [-0.2, -0.15) is 0 Å². The van der Waals surface area contributed by atoms with E-state index in [-0.39, 0.29) is 5.92 Å². The van der Waals surface area contributed by atoms with Crippen LogP contribution in [-0.4, -0.2) is 25.0 Å². The monoisotopic (exact) mass is 271 g/mol. The quantitative estimate of drug-likeness (QED) is 0.851. The van der Waals surface area contributed by atoms with Crippen molar-refractivity contribution in [2.24, 2.45) is 5.92 Å². The summed E-state index contributed by atoms with van der Waals surface area (Å²) in [6.07, 6.45) is 0. The average molecular weight is 271 g/mol. The molecule has 4 nitrogen and oxygen atoms in total. The molecule has 0 aliphatic carbocycles. The first-order valence-corrected chi connectivity index (χ1v) is 5.71. The third-order valence-electron chi connectivity index (χ3n) is 2.60. The van der Waals surface area contributed by atoms with E-state index in [2.05, 4.69) is 10.1 Å². The Kier molecular flexibility index (Phi) is 4.97. The molecule has 0 aliphatic rings. The van der Waals surface area contributed by atoms with Crippen LogP contribution >= 0.6 is 0 Å². The van der Waals surface area contributed by atoms with Gasteiger partial charge in [0.15, 0.2) is 11.6 Å². The first-order valence-electron chi connectivity index (χ1n) is 5.71. The van der Waals surface area contributed by atoms with E-state index in [0.29, 0.717) is 0 Å². The molecule has 6 heteroatoms. The molecule has 1 aromatic rings. The second kappa shape index (κ2) is 6.26. The minimum Gasteiger partial charge on any atom is -0.467 e. The van der Waals surface area contributed by atoms with Gasteiger partial charge in [-0.3, -0.25) is 4.79 Å². The lowest BCUT2D eigenvalue weighted by molar-refractivity contribution is -0.144. The Morgan fingerprint density at radius 1 is 1.26 bits per heavy atom. The third-order valence-corrected chi connectivity index (χ3v) is 2.60. The highest BCUT2D eigenvalue weighted by Gasteiger charge is 2.26. The molecule has 104 valence electrons. The van der Waals surface area contributed by atoms with Crippen LogP contribution in [0.25, 0.3) is 0 Å². The number of carbonyl (C=O) groups is 2. The van der Waals surface area contributed by atoms with Crippen molar-refractivity contribution in [3.8, 4) is 0 Å². The van der Waals surface area contributed by atoms with Gasteiger partial charge in [-0.25, -0.2) is 13.6 Å². The van der Waals surface area contributed by atoms with Crippen LogP contribution in [0.1, 0.15) is 24.2 Å². The van der Waals surface area contributed by atoms with E-state index >= 15 is 0 Å². The fourth-order valence-corrected chi connectivity index (χ4v) is 1.52. The second-order valence-electron chi connectivity index (χ2n) is 4.32. The van der Waals surface area contributed by atoms with Crippen molar-refractivity contribution < 1.29 is 23.1 Å². The van der Waals surface area contributed by atoms with Gasteiger partial charge < -0.3 is 10.1 Å². The summed E-state index contributed by atoms with van der Waals surface area (Å²) in [7, 11) is 1.19. The Morgan fingerprint density at radius 2 is 1.89 bits per heavy atom. The lowest BCUT2D eigenvalue weighted by Gasteiger charge is -2.19. The molecule has 0 saturated carbocycles. The van der Waals surface area contributed by atoms with Crippen LogP contribution in [0.15, 0.2) is 18.2 Å². The molecule has 0 aliphatic heterocycles. The number of rotatable bonds is 4. The van der Waals surface area contributed by atoms with Gasteiger partial charge in [0.05, 0.1) is 12.7 Å². The first kappa shape index (κ1) is 15.1. The summed E-state index contributed by atoms with van der Waals surface area (Å²) >= 11 is 0. The number of carbonyl (C=O) groups excluding carboxylic acids is 2. The van der Waals surface area contributed by atoms with E-state index in [0.717, 1.165) is 12.1 Å². The van der Waals surface area contributed by atoms with Crippen LogP contribution in [0, 0.1) is 17.6 Å². The maximum absolute atomic E-state index is 13.4. The summed E-state index contributed by atoms with van der Waals surface area (Å²) in [5.41, 5.74) is -0.449. The predicted molar refractivity (Wildman–Crippen MR) is 64.5 cm³/mol. The van der Waals surface area contributed by atoms with Crippen LogP contribution in [0.2, 0.25) is 0 Å². The van der Waals surface area contributed by atoms with E-state index in [1.54, 1.807) is 13.8 Å². The minimum atomic E-state index is -1.24. The Labute approximate surface area is 109 Å². The summed E-state index contributed by atoms with van der Waals surface area (Å²) < 4.78 is 31.0. The van der Waals surface area contributed by atoms with E-state index in [1.807, 2.05) is 0 Å². The van der Waals surface area contributed by atoms with Crippen molar-refractivity contribution in [1.82, 2.24) is 5.32 Å². The zero-order chi connectivity index (χ0) is 14.6. The number of ether oxygens (including phenoxy) is 1. The number of nitrogens with one attached hydrogen (secondary N) is 1. The molecule has 0 bridgehead atoms. The normalized spacial score (nSPS) is 12.1. The molecule has 1 atom stereocenters. The van der Waals surface area contributed by atoms with Crippen molar-refractivity contribution in [3.05, 3.63) is 35.4 Å². The molecule has 1 rings (SSSR count). The molecule has 1 amide bonds. The highest BCUT2D eigenvalue weighted by molar-refractivity contribution is 5.97. The van der Waals surface area contributed by atoms with Crippen LogP contribution in [0.4, 0.5) is 8.78 Å². The number of esters is 1. The molecule has 0 saturated heterocycles. The molecule has 1 aromatic carbocycles. The van der Waals surface area contributed by atoms with Crippen molar-refractivity contribution >= 4 is 11.9 Å². The molecular weight excluding hydrogens is 256 g/mol. The fraction of sp³-hybridized carbons (Fsp3) is 0.385. The summed E-state index contributed by atoms with van der Waals surface area (Å²) in [5.74, 6) is -4.10. The number of halogens is 2. The van der Waals surface area contributed by atoms with Crippen molar-refractivity contribution in [2.45, 2.75) is 19.9 Å². The Balaban J connectivity index is 2.94. The molecule has 19 heavy (non-hydrogen) atoms. The van der Waals surface area contributed by atoms with E-state index in [9.17, 15) is 18.4 Å². The number of methoxy groups -OCH3 is 1. The second-order valence-corrected chi connectivity index (χ2v) is 4.32. The third kappa shape index (κ3) is 3.49. The largest absolute Gasteiger partial charge is 0.467 e. The zero-order valence-electron chi connectivity index (χ0n) is 10.9. The van der Waals surface area contributed by atoms with Crippen molar-refractivity contribution in [2.75, 3.05) is 7.11 Å². The molecule has 0 unspecified atom stereocenters. The first-order chi connectivity index (χ1) is 8.88. The SMILES string of the molecule is COC(=O)[C@H](NC(=O)c1cccc(F)c1F)C(C)C. The number of amides is 1. The smallest absolute Gasteiger partial charge is 0.328 e. The van der Waals surface area contributed by atoms with Crippen LogP contribution < -0.4 is 5.32 Å². The number of hydrogen-bond acceptors (Lipinski definition) is 3. The highest BCUT2D eigenvalue weighted by Crippen LogP contribution is 2.12. The van der Waals surface area contributed by atoms with Gasteiger partial charge in [-0.15, -0.1) is 0 Å². The Hall–Kier alpha value is -1.98. The maximum atomic E-state index is 13.4. The zero-order valence-corrected chi connectivity index (χ0v) is 10.9. The lowest BCUT2D eigenvalue weighted by atomic mass is 10.0. The highest BCUT2D eigenvalue weighted by atomic mass is 19.2. The Bertz CT molecular complexity index is 489. The Morgan fingerprint density at radius 3 is 2.42 bits per heavy atom. The maximum Gasteiger partial charge on any atom is 0.328 e. The lowest BCUT2D eigenvalue weighted by Crippen LogP contribution is -2.45. The van der Waals surface area contributed by atoms with E-state index < -0.39 is 35.1 Å². The summed E-state index contributed by atoms with van der Waals surface area (Å²) in [5, 5.41) is 2.33. The molecule has 0 spiro atoms. The average Bonchev–Trinajstić information content (AvgIpc) is 2.37. The van der Waals surface area contributed by atoms with Crippen molar-refractivity contribution in [1.29, 1.82) is 0 Å². The van der Waals surface area contributed by atoms with E-state index in [1.165, 1.54) is 13.2 Å². The predicted octanol–water partition coefficient (Wildman–Crippen LogP) is 1.89. The summed E-state index contributed by atoms with van der Waals surface area (Å²) in [6, 6.07) is 2.35. The molecule has 1 N–H and O–H groups in total. The standard InChI is InChI=1S/C13H15F2NO3/c1-7(2)11(13(18)19-3)16-12(17)8-5-4-6-9(14)10(8)15/h4-7,11H,1-3H3,(H,16,17)/t11-/m1/s1. The molecule has 0 radical (unpaired) electrons. The van der Waals surface area contributed by atoms with Crippen LogP contribution in [0.5, 0.6) is 0 Å². The van der Waals surface area contributed by atoms with Gasteiger partial charge in [0.2, 0.25) is 0 Å². The molecule has 0 aromatic heterocycles. The fourth-order valence-electron chi connectivity index (χ4n) is 1.52. The number of hydrogen-bond donors (Lipinski definition) is 1. The number of benzene rings is 1. The minimum absolute atomic E-state index is 0.243. The van der Waals surface area contributed by atoms with Crippen LogP contribution in [0.3, 0.4) is 0 Å². The molecule has 0 fully saturated rings. The van der Waals surface area contributed by atoms with Crippen LogP contribution in [-0.2, 0) is 9.53 Å². The van der Waals surface area contributed by atoms with Gasteiger partial charge >= 0.3 is 5.97 Å². The summed E-state index contributed by atoms with van der Waals surface area (Å²) in [6.45, 7) is 3.40. The van der Waals surface area contributed by atoms with Gasteiger partial charge in [0.25, 0.3) is 5.91 Å². The van der Waals surface area contributed by atoms with Gasteiger partial charge in [-0.05, 0) is 18.1 Å². The van der Waals surface area contributed by atoms with Crippen molar-refractivity contribution in [3.63, 3.8) is 0 Å². The molecule has 0 heterocycles. The van der Waals surface area contributed by atoms with Gasteiger partial charge in [0.1, 0.15) is 6.04 Å². The van der Waals surface area contributed by atoms with E-state index in [4.69, 9.17) is 0 Å². The molecular formula is C13H15F2NO3.